The molecule has 0 amide bonds. The smallest absolute Gasteiger partial charge is 0.123 e. The van der Waals surface area contributed by atoms with Gasteiger partial charge in [-0.15, -0.1) is 0 Å². The zero-order valence-corrected chi connectivity index (χ0v) is 7.31. The summed E-state index contributed by atoms with van der Waals surface area (Å²) in [5, 5.41) is 0.158. The predicted molar refractivity (Wildman–Crippen MR) is 48.4 cm³/mol. The minimum atomic E-state index is -0.185. The van der Waals surface area contributed by atoms with Crippen LogP contribution in [0.5, 0.6) is 0 Å². The highest BCUT2D eigenvalue weighted by Crippen LogP contribution is 2.23. The first kappa shape index (κ1) is 8.60. The molecule has 1 aromatic carbocycles. The van der Waals surface area contributed by atoms with E-state index >= 15 is 0 Å². The number of hydrogen-bond donors (Lipinski definition) is 1. The molecule has 0 heterocycles. The molecule has 60 valence electrons. The summed E-state index contributed by atoms with van der Waals surface area (Å²) < 4.78 is 12.6. The van der Waals surface area contributed by atoms with Gasteiger partial charge in [-0.2, -0.15) is 12.6 Å². The largest absolute Gasteiger partial charge is 0.207 e. The minimum Gasteiger partial charge on any atom is -0.207 e. The highest BCUT2D eigenvalue weighted by molar-refractivity contribution is 7.80. The highest BCUT2D eigenvalue weighted by atomic mass is 32.1. The van der Waals surface area contributed by atoms with Crippen LogP contribution in [-0.2, 0) is 0 Å². The molecule has 0 N–H and O–H groups in total. The zero-order chi connectivity index (χ0) is 8.27. The molecular formula is C9H11FS. The summed E-state index contributed by atoms with van der Waals surface area (Å²) in [6.07, 6.45) is 0.923. The summed E-state index contributed by atoms with van der Waals surface area (Å²) in [6, 6.07) is 6.58. The van der Waals surface area contributed by atoms with Crippen molar-refractivity contribution in [2.24, 2.45) is 0 Å². The van der Waals surface area contributed by atoms with Crippen LogP contribution >= 0.6 is 12.6 Å². The second kappa shape index (κ2) is 3.77. The SMILES string of the molecule is CCC(S)c1cccc(F)c1. The fourth-order valence-corrected chi connectivity index (χ4v) is 1.11. The fourth-order valence-electron chi connectivity index (χ4n) is 0.950. The summed E-state index contributed by atoms with van der Waals surface area (Å²) in [6.45, 7) is 2.03. The van der Waals surface area contributed by atoms with Crippen LogP contribution in [0.2, 0.25) is 0 Å². The van der Waals surface area contributed by atoms with Crippen LogP contribution in [0.1, 0.15) is 24.2 Å². The van der Waals surface area contributed by atoms with Gasteiger partial charge in [-0.05, 0) is 24.1 Å². The van der Waals surface area contributed by atoms with Crippen molar-refractivity contribution in [1.29, 1.82) is 0 Å². The van der Waals surface area contributed by atoms with Gasteiger partial charge in [0.05, 0.1) is 0 Å². The molecule has 0 nitrogen and oxygen atoms in total. The number of hydrogen-bond acceptors (Lipinski definition) is 1. The summed E-state index contributed by atoms with van der Waals surface area (Å²) in [5.74, 6) is -0.185. The van der Waals surface area contributed by atoms with E-state index in [1.807, 2.05) is 13.0 Å². The Labute approximate surface area is 71.8 Å². The molecule has 11 heavy (non-hydrogen) atoms. The molecule has 0 spiro atoms. The van der Waals surface area contributed by atoms with E-state index in [4.69, 9.17) is 0 Å². The zero-order valence-electron chi connectivity index (χ0n) is 6.42. The molecular weight excluding hydrogens is 159 g/mol. The van der Waals surface area contributed by atoms with Crippen LogP contribution in [0.4, 0.5) is 4.39 Å². The summed E-state index contributed by atoms with van der Waals surface area (Å²) in [7, 11) is 0. The Kier molecular flexibility index (Phi) is 2.94. The van der Waals surface area contributed by atoms with E-state index in [-0.39, 0.29) is 11.1 Å². The molecule has 1 atom stereocenters. The van der Waals surface area contributed by atoms with Gasteiger partial charge >= 0.3 is 0 Å². The van der Waals surface area contributed by atoms with E-state index in [1.165, 1.54) is 12.1 Å². The average molecular weight is 170 g/mol. The van der Waals surface area contributed by atoms with E-state index in [0.29, 0.717) is 0 Å². The highest BCUT2D eigenvalue weighted by Gasteiger charge is 2.02. The average Bonchev–Trinajstić information content (AvgIpc) is 2.03. The van der Waals surface area contributed by atoms with Crippen LogP contribution in [0.3, 0.4) is 0 Å². The third kappa shape index (κ3) is 2.22. The van der Waals surface area contributed by atoms with Crippen molar-refractivity contribution >= 4 is 12.6 Å². The minimum absolute atomic E-state index is 0.158. The van der Waals surface area contributed by atoms with E-state index < -0.39 is 0 Å². The molecule has 0 radical (unpaired) electrons. The van der Waals surface area contributed by atoms with Crippen LogP contribution in [0.25, 0.3) is 0 Å². The van der Waals surface area contributed by atoms with Gasteiger partial charge in [0.15, 0.2) is 0 Å². The van der Waals surface area contributed by atoms with Crippen molar-refractivity contribution in [3.05, 3.63) is 35.6 Å². The summed E-state index contributed by atoms with van der Waals surface area (Å²) in [5.41, 5.74) is 0.954. The molecule has 0 aliphatic heterocycles. The maximum Gasteiger partial charge on any atom is 0.123 e. The van der Waals surface area contributed by atoms with Crippen molar-refractivity contribution in [3.8, 4) is 0 Å². The normalized spacial score (nSPS) is 13.0. The van der Waals surface area contributed by atoms with Gasteiger partial charge in [-0.1, -0.05) is 19.1 Å². The Balaban J connectivity index is 2.86. The van der Waals surface area contributed by atoms with Gasteiger partial charge in [-0.25, -0.2) is 4.39 Å². The third-order valence-corrected chi connectivity index (χ3v) is 2.28. The van der Waals surface area contributed by atoms with E-state index in [9.17, 15) is 4.39 Å². The molecule has 0 bridgehead atoms. The van der Waals surface area contributed by atoms with Crippen molar-refractivity contribution in [2.75, 3.05) is 0 Å². The Morgan fingerprint density at radius 3 is 2.82 bits per heavy atom. The first-order valence-corrected chi connectivity index (χ1v) is 4.19. The van der Waals surface area contributed by atoms with Crippen molar-refractivity contribution in [2.45, 2.75) is 18.6 Å². The third-order valence-electron chi connectivity index (χ3n) is 1.62. The molecule has 0 aliphatic rings. The van der Waals surface area contributed by atoms with Crippen molar-refractivity contribution in [1.82, 2.24) is 0 Å². The molecule has 1 rings (SSSR count). The number of benzene rings is 1. The Morgan fingerprint density at radius 1 is 1.55 bits per heavy atom. The monoisotopic (exact) mass is 170 g/mol. The molecule has 0 aliphatic carbocycles. The van der Waals surface area contributed by atoms with E-state index in [2.05, 4.69) is 12.6 Å². The van der Waals surface area contributed by atoms with Crippen LogP contribution in [0.15, 0.2) is 24.3 Å². The Morgan fingerprint density at radius 2 is 2.27 bits per heavy atom. The lowest BCUT2D eigenvalue weighted by Gasteiger charge is -2.06. The summed E-state index contributed by atoms with van der Waals surface area (Å²) >= 11 is 4.30. The molecule has 0 aromatic heterocycles. The molecule has 0 fully saturated rings. The first-order chi connectivity index (χ1) is 5.24. The molecule has 2 heteroatoms. The fraction of sp³-hybridized carbons (Fsp3) is 0.333. The topological polar surface area (TPSA) is 0 Å². The first-order valence-electron chi connectivity index (χ1n) is 3.67. The molecule has 0 saturated heterocycles. The maximum atomic E-state index is 12.6. The van der Waals surface area contributed by atoms with Crippen molar-refractivity contribution < 1.29 is 4.39 Å². The van der Waals surface area contributed by atoms with Crippen LogP contribution < -0.4 is 0 Å². The quantitative estimate of drug-likeness (QED) is 0.647. The standard InChI is InChI=1S/C9H11FS/c1-2-9(11)7-4-3-5-8(10)6-7/h3-6,9,11H,2H2,1H3. The van der Waals surface area contributed by atoms with Gasteiger partial charge in [0, 0.05) is 5.25 Å². The lowest BCUT2D eigenvalue weighted by Crippen LogP contribution is -1.88. The molecule has 0 saturated carbocycles. The number of halogens is 1. The Hall–Kier alpha value is -0.500. The number of rotatable bonds is 2. The molecule has 1 aromatic rings. The number of thiol groups is 1. The lowest BCUT2D eigenvalue weighted by molar-refractivity contribution is 0.624. The van der Waals surface area contributed by atoms with E-state index in [0.717, 1.165) is 12.0 Å². The van der Waals surface area contributed by atoms with Gasteiger partial charge in [0.25, 0.3) is 0 Å². The van der Waals surface area contributed by atoms with Crippen LogP contribution in [-0.4, -0.2) is 0 Å². The lowest BCUT2D eigenvalue weighted by atomic mass is 10.1. The maximum absolute atomic E-state index is 12.6. The Bertz CT molecular complexity index is 235. The van der Waals surface area contributed by atoms with Gasteiger partial charge in [-0.3, -0.25) is 0 Å². The van der Waals surface area contributed by atoms with Gasteiger partial charge in [0.1, 0.15) is 5.82 Å². The van der Waals surface area contributed by atoms with Crippen molar-refractivity contribution in [3.63, 3.8) is 0 Å². The van der Waals surface area contributed by atoms with Crippen LogP contribution in [0, 0.1) is 5.82 Å². The summed E-state index contributed by atoms with van der Waals surface area (Å²) in [4.78, 5) is 0. The van der Waals surface area contributed by atoms with E-state index in [1.54, 1.807) is 6.07 Å². The second-order valence-corrected chi connectivity index (χ2v) is 3.10. The molecule has 1 unspecified atom stereocenters. The predicted octanol–water partition coefficient (Wildman–Crippen LogP) is 3.21. The van der Waals surface area contributed by atoms with Gasteiger partial charge < -0.3 is 0 Å². The second-order valence-electron chi connectivity index (χ2n) is 2.48. The van der Waals surface area contributed by atoms with Gasteiger partial charge in [0.2, 0.25) is 0 Å².